The minimum absolute atomic E-state index is 0.289. The van der Waals surface area contributed by atoms with E-state index in [1.54, 1.807) is 30.0 Å². The summed E-state index contributed by atoms with van der Waals surface area (Å²) >= 11 is 14.0. The second-order valence-corrected chi connectivity index (χ2v) is 10.9. The topological polar surface area (TPSA) is 59.8 Å². The smallest absolute Gasteiger partial charge is 0.253 e. The van der Waals surface area contributed by atoms with Gasteiger partial charge in [-0.25, -0.2) is 0 Å². The van der Waals surface area contributed by atoms with Gasteiger partial charge in [0, 0.05) is 16.5 Å². The highest BCUT2D eigenvalue weighted by molar-refractivity contribution is 7.98. The van der Waals surface area contributed by atoms with Gasteiger partial charge in [0.1, 0.15) is 0 Å². The van der Waals surface area contributed by atoms with Gasteiger partial charge in [-0.1, -0.05) is 113 Å². The third-order valence-electron chi connectivity index (χ3n) is 6.24. The van der Waals surface area contributed by atoms with Crippen molar-refractivity contribution in [1.29, 1.82) is 0 Å². The van der Waals surface area contributed by atoms with Crippen LogP contribution in [0.25, 0.3) is 5.69 Å². The fraction of sp³-hybridized carbons (Fsp3) is 0.129. The lowest BCUT2D eigenvalue weighted by Crippen LogP contribution is -2.32. The van der Waals surface area contributed by atoms with Crippen LogP contribution in [-0.4, -0.2) is 20.7 Å². The van der Waals surface area contributed by atoms with Crippen molar-refractivity contribution in [1.82, 2.24) is 20.1 Å². The van der Waals surface area contributed by atoms with Gasteiger partial charge in [-0.15, -0.1) is 10.2 Å². The van der Waals surface area contributed by atoms with E-state index in [1.807, 2.05) is 65.2 Å². The van der Waals surface area contributed by atoms with E-state index in [2.05, 4.69) is 46.7 Å². The van der Waals surface area contributed by atoms with Crippen molar-refractivity contribution >= 4 is 40.9 Å². The largest absolute Gasteiger partial charge is 0.342 e. The number of aromatic nitrogens is 3. The summed E-state index contributed by atoms with van der Waals surface area (Å²) in [6.45, 7) is 2.05. The predicted molar refractivity (Wildman–Crippen MR) is 159 cm³/mol. The summed E-state index contributed by atoms with van der Waals surface area (Å²) in [5.74, 6) is 1.06. The van der Waals surface area contributed by atoms with Gasteiger partial charge in [-0.05, 0) is 54.8 Å². The van der Waals surface area contributed by atoms with E-state index in [-0.39, 0.29) is 10.9 Å². The molecule has 0 aliphatic carbocycles. The van der Waals surface area contributed by atoms with Crippen molar-refractivity contribution in [2.24, 2.45) is 0 Å². The first-order valence-corrected chi connectivity index (χ1v) is 14.2. The molecule has 1 N–H and O–H groups in total. The highest BCUT2D eigenvalue weighted by Gasteiger charge is 2.26. The molecule has 5 rings (SSSR count). The summed E-state index contributed by atoms with van der Waals surface area (Å²) in [4.78, 5) is 13.5. The van der Waals surface area contributed by atoms with Gasteiger partial charge in [0.25, 0.3) is 5.91 Å². The fourth-order valence-electron chi connectivity index (χ4n) is 4.23. The predicted octanol–water partition coefficient (Wildman–Crippen LogP) is 7.89. The fourth-order valence-corrected chi connectivity index (χ4v) is 5.63. The molecule has 5 aromatic rings. The van der Waals surface area contributed by atoms with Crippen LogP contribution in [0.4, 0.5) is 0 Å². The molecule has 0 saturated carbocycles. The summed E-state index contributed by atoms with van der Waals surface area (Å²) in [7, 11) is 0. The van der Waals surface area contributed by atoms with Gasteiger partial charge >= 0.3 is 0 Å². The van der Waals surface area contributed by atoms with Crippen LogP contribution in [0.15, 0.2) is 108 Å². The molecule has 1 atom stereocenters. The van der Waals surface area contributed by atoms with Crippen molar-refractivity contribution in [2.45, 2.75) is 30.3 Å². The molecular weight excluding hydrogens is 547 g/mol. The molecule has 8 heteroatoms. The first-order valence-electron chi connectivity index (χ1n) is 12.5. The number of carbonyl (C=O) groups excluding carboxylic acids is 1. The molecule has 1 heterocycles. The highest BCUT2D eigenvalue weighted by atomic mass is 35.5. The minimum atomic E-state index is -0.480. The molecule has 0 aliphatic heterocycles. The third-order valence-corrected chi connectivity index (χ3v) is 7.78. The van der Waals surface area contributed by atoms with Gasteiger partial charge in [-0.2, -0.15) is 0 Å². The zero-order valence-corrected chi connectivity index (χ0v) is 23.5. The zero-order valence-electron chi connectivity index (χ0n) is 21.2. The minimum Gasteiger partial charge on any atom is -0.342 e. The Morgan fingerprint density at radius 2 is 1.54 bits per heavy atom. The van der Waals surface area contributed by atoms with Crippen LogP contribution >= 0.6 is 35.0 Å². The van der Waals surface area contributed by atoms with Gasteiger partial charge < -0.3 is 5.32 Å². The number of rotatable bonds is 9. The Bertz CT molecular complexity index is 1560. The lowest BCUT2D eigenvalue weighted by atomic mass is 10.0. The molecule has 1 unspecified atom stereocenters. The quantitative estimate of drug-likeness (QED) is 0.182. The molecular formula is C31H26Cl2N4OS. The first kappa shape index (κ1) is 27.0. The summed E-state index contributed by atoms with van der Waals surface area (Å²) < 4.78 is 2.03. The molecule has 0 aliphatic rings. The van der Waals surface area contributed by atoms with Gasteiger partial charge in [-0.3, -0.25) is 9.36 Å². The van der Waals surface area contributed by atoms with E-state index in [0.717, 1.165) is 27.7 Å². The molecule has 0 spiro atoms. The van der Waals surface area contributed by atoms with E-state index >= 15 is 0 Å². The van der Waals surface area contributed by atoms with Crippen molar-refractivity contribution < 1.29 is 4.79 Å². The number of benzene rings is 4. The molecule has 196 valence electrons. The van der Waals surface area contributed by atoms with Gasteiger partial charge in [0.15, 0.2) is 11.0 Å². The number of hydrogen-bond donors (Lipinski definition) is 1. The van der Waals surface area contributed by atoms with Crippen LogP contribution in [0.3, 0.4) is 0 Å². The van der Waals surface area contributed by atoms with Crippen molar-refractivity contribution in [2.75, 3.05) is 0 Å². The van der Waals surface area contributed by atoms with E-state index in [9.17, 15) is 4.79 Å². The lowest BCUT2D eigenvalue weighted by molar-refractivity contribution is 0.0934. The summed E-state index contributed by atoms with van der Waals surface area (Å²) in [5.41, 5.74) is 4.67. The molecule has 0 fully saturated rings. The highest BCUT2D eigenvalue weighted by Crippen LogP contribution is 2.30. The van der Waals surface area contributed by atoms with Crippen LogP contribution in [0.1, 0.15) is 38.9 Å². The van der Waals surface area contributed by atoms with E-state index in [4.69, 9.17) is 23.2 Å². The number of carbonyl (C=O) groups is 1. The third kappa shape index (κ3) is 6.71. The molecule has 1 aromatic heterocycles. The molecule has 1 amide bonds. The molecule has 5 nitrogen and oxygen atoms in total. The van der Waals surface area contributed by atoms with Crippen LogP contribution in [-0.2, 0) is 12.2 Å². The van der Waals surface area contributed by atoms with Gasteiger partial charge in [0.2, 0.25) is 0 Å². The van der Waals surface area contributed by atoms with E-state index < -0.39 is 6.04 Å². The number of halogens is 2. The molecule has 0 radical (unpaired) electrons. The van der Waals surface area contributed by atoms with E-state index in [1.165, 1.54) is 5.56 Å². The second kappa shape index (κ2) is 12.5. The Kier molecular flexibility index (Phi) is 8.67. The Morgan fingerprint density at radius 3 is 2.21 bits per heavy atom. The summed E-state index contributed by atoms with van der Waals surface area (Å²) in [6, 6.07) is 32.8. The maximum Gasteiger partial charge on any atom is 0.253 e. The van der Waals surface area contributed by atoms with Crippen molar-refractivity contribution in [3.8, 4) is 5.69 Å². The number of aryl methyl sites for hydroxylation is 1. The van der Waals surface area contributed by atoms with Crippen molar-refractivity contribution in [3.05, 3.63) is 141 Å². The van der Waals surface area contributed by atoms with Gasteiger partial charge in [0.05, 0.1) is 16.6 Å². The maximum absolute atomic E-state index is 13.5. The Morgan fingerprint density at radius 1 is 0.872 bits per heavy atom. The SMILES string of the molecule is Cc1ccc(-n2c(SCc3ccccc3)nnc2C(Cc2ccccc2)NC(=O)c2ccc(Cl)cc2Cl)cc1. The average molecular weight is 574 g/mol. The summed E-state index contributed by atoms with van der Waals surface area (Å²) in [6.07, 6.45) is 0.519. The molecule has 39 heavy (non-hydrogen) atoms. The number of amides is 1. The number of nitrogens with one attached hydrogen (secondary N) is 1. The van der Waals surface area contributed by atoms with Crippen LogP contribution < -0.4 is 5.32 Å². The molecule has 0 bridgehead atoms. The number of nitrogens with zero attached hydrogens (tertiary/aromatic N) is 3. The molecule has 0 saturated heterocycles. The van der Waals surface area contributed by atoms with Crippen LogP contribution in [0, 0.1) is 6.92 Å². The lowest BCUT2D eigenvalue weighted by Gasteiger charge is -2.21. The standard InChI is InChI=1S/C31H26Cl2N4OS/c1-21-12-15-25(16-13-21)37-29(35-36-31(37)39-20-23-10-6-3-7-11-23)28(18-22-8-4-2-5-9-22)34-30(38)26-17-14-24(32)19-27(26)33/h2-17,19,28H,18,20H2,1H3,(H,34,38). The number of hydrogen-bond acceptors (Lipinski definition) is 4. The Balaban J connectivity index is 1.55. The van der Waals surface area contributed by atoms with E-state index in [0.29, 0.717) is 22.8 Å². The van der Waals surface area contributed by atoms with Crippen LogP contribution in [0.2, 0.25) is 10.0 Å². The number of thioether (sulfide) groups is 1. The maximum atomic E-state index is 13.5. The monoisotopic (exact) mass is 572 g/mol. The first-order chi connectivity index (χ1) is 19.0. The Labute approximate surface area is 242 Å². The summed E-state index contributed by atoms with van der Waals surface area (Å²) in [5, 5.41) is 13.9. The molecule has 4 aromatic carbocycles. The van der Waals surface area contributed by atoms with Crippen LogP contribution in [0.5, 0.6) is 0 Å². The second-order valence-electron chi connectivity index (χ2n) is 9.13. The Hall–Kier alpha value is -3.58. The average Bonchev–Trinajstić information content (AvgIpc) is 3.37. The zero-order chi connectivity index (χ0) is 27.2. The normalized spacial score (nSPS) is 11.8. The van der Waals surface area contributed by atoms with Crippen molar-refractivity contribution in [3.63, 3.8) is 0 Å².